The average molecular weight is 384 g/mol. The zero-order valence-corrected chi connectivity index (χ0v) is 16.3. The number of carbonyl (C=O) groups excluding carboxylic acids is 2. The van der Waals surface area contributed by atoms with Gasteiger partial charge in [-0.25, -0.2) is 9.78 Å². The number of carbonyl (C=O) groups is 2. The highest BCUT2D eigenvalue weighted by Gasteiger charge is 2.20. The molecule has 0 fully saturated rings. The summed E-state index contributed by atoms with van der Waals surface area (Å²) in [6.45, 7) is 3.54. The first kappa shape index (κ1) is 18.8. The maximum atomic E-state index is 12.6. The minimum atomic E-state index is -0.455. The molecule has 1 amide bonds. The molecular weight excluding hydrogens is 364 g/mol. The van der Waals surface area contributed by atoms with Gasteiger partial charge in [0.1, 0.15) is 10.6 Å². The summed E-state index contributed by atoms with van der Waals surface area (Å²) in [5.41, 5.74) is 1.43. The van der Waals surface area contributed by atoms with Gasteiger partial charge in [-0.3, -0.25) is 4.79 Å². The lowest BCUT2D eigenvalue weighted by atomic mass is 9.97. The van der Waals surface area contributed by atoms with E-state index in [1.807, 2.05) is 43.3 Å². The van der Waals surface area contributed by atoms with E-state index in [2.05, 4.69) is 10.3 Å². The molecule has 1 N–H and O–H groups in total. The van der Waals surface area contributed by atoms with Crippen LogP contribution in [-0.4, -0.2) is 31.1 Å². The van der Waals surface area contributed by atoms with Crippen LogP contribution in [0, 0.1) is 6.92 Å². The monoisotopic (exact) mass is 384 g/mol. The summed E-state index contributed by atoms with van der Waals surface area (Å²) >= 11 is 1.11. The molecule has 1 aromatic heterocycles. The molecule has 3 aromatic rings. The normalized spacial score (nSPS) is 11.9. The molecule has 6 nitrogen and oxygen atoms in total. The Morgan fingerprint density at radius 3 is 2.52 bits per heavy atom. The highest BCUT2D eigenvalue weighted by molar-refractivity contribution is 7.17. The molecule has 0 aliphatic rings. The molecule has 3 rings (SSSR count). The van der Waals surface area contributed by atoms with E-state index < -0.39 is 5.97 Å². The Hall–Kier alpha value is -2.93. The standard InChI is InChI=1S/C20H20N2O4S/c1-11(13-5-6-15-10-16(25-3)8-7-14(15)9-13)18(23)22-20-21-12(2)17(27-20)19(24)26-4/h5-11H,1-4H3,(H,21,22,23)/t11-/m0/s1. The van der Waals surface area contributed by atoms with E-state index in [0.29, 0.717) is 15.7 Å². The van der Waals surface area contributed by atoms with Crippen molar-refractivity contribution in [3.63, 3.8) is 0 Å². The molecule has 0 spiro atoms. The number of anilines is 1. The van der Waals surface area contributed by atoms with Crippen molar-refractivity contribution in [1.29, 1.82) is 0 Å². The molecule has 140 valence electrons. The molecule has 1 atom stereocenters. The summed E-state index contributed by atoms with van der Waals surface area (Å²) in [5, 5.41) is 5.25. The van der Waals surface area contributed by atoms with E-state index >= 15 is 0 Å². The lowest BCUT2D eigenvalue weighted by molar-refractivity contribution is -0.117. The van der Waals surface area contributed by atoms with Crippen molar-refractivity contribution in [3.8, 4) is 5.75 Å². The second kappa shape index (κ2) is 7.75. The first-order chi connectivity index (χ1) is 12.9. The minimum absolute atomic E-state index is 0.187. The van der Waals surface area contributed by atoms with Crippen LogP contribution in [0.1, 0.15) is 33.8 Å². The van der Waals surface area contributed by atoms with Gasteiger partial charge in [-0.15, -0.1) is 0 Å². The van der Waals surface area contributed by atoms with Crippen LogP contribution in [0.15, 0.2) is 36.4 Å². The van der Waals surface area contributed by atoms with Crippen LogP contribution < -0.4 is 10.1 Å². The third kappa shape index (κ3) is 3.93. The van der Waals surface area contributed by atoms with E-state index in [0.717, 1.165) is 33.4 Å². The molecule has 1 heterocycles. The number of thiazole rings is 1. The van der Waals surface area contributed by atoms with Crippen LogP contribution in [0.3, 0.4) is 0 Å². The number of nitrogens with one attached hydrogen (secondary N) is 1. The number of methoxy groups -OCH3 is 2. The fourth-order valence-electron chi connectivity index (χ4n) is 2.74. The summed E-state index contributed by atoms with van der Waals surface area (Å²) in [5.74, 6) is -0.222. The minimum Gasteiger partial charge on any atom is -0.497 e. The lowest BCUT2D eigenvalue weighted by Gasteiger charge is -2.12. The third-order valence-electron chi connectivity index (χ3n) is 4.36. The number of rotatable bonds is 5. The van der Waals surface area contributed by atoms with Crippen LogP contribution in [0.25, 0.3) is 10.8 Å². The smallest absolute Gasteiger partial charge is 0.350 e. The predicted octanol–water partition coefficient (Wildman–Crippen LogP) is 4.14. The summed E-state index contributed by atoms with van der Waals surface area (Å²) in [6, 6.07) is 11.7. The fourth-order valence-corrected chi connectivity index (χ4v) is 3.62. The molecule has 2 aromatic carbocycles. The molecule has 0 unspecified atom stereocenters. The van der Waals surface area contributed by atoms with Crippen molar-refractivity contribution >= 4 is 39.1 Å². The average Bonchev–Trinajstić information content (AvgIpc) is 3.05. The summed E-state index contributed by atoms with van der Waals surface area (Å²) < 4.78 is 9.96. The number of ether oxygens (including phenoxy) is 2. The van der Waals surface area contributed by atoms with Gasteiger partial charge in [0.15, 0.2) is 5.13 Å². The number of fused-ring (bicyclic) bond motifs is 1. The molecule has 0 saturated heterocycles. The van der Waals surface area contributed by atoms with Gasteiger partial charge in [-0.1, -0.05) is 35.6 Å². The third-order valence-corrected chi connectivity index (χ3v) is 5.42. The van der Waals surface area contributed by atoms with Gasteiger partial charge in [-0.2, -0.15) is 0 Å². The van der Waals surface area contributed by atoms with Gasteiger partial charge in [0, 0.05) is 0 Å². The Labute approximate surface area is 161 Å². The zero-order valence-electron chi connectivity index (χ0n) is 15.5. The van der Waals surface area contributed by atoms with E-state index in [9.17, 15) is 9.59 Å². The fraction of sp³-hybridized carbons (Fsp3) is 0.250. The quantitative estimate of drug-likeness (QED) is 0.669. The van der Waals surface area contributed by atoms with E-state index in [1.54, 1.807) is 14.0 Å². The van der Waals surface area contributed by atoms with Crippen molar-refractivity contribution < 1.29 is 19.1 Å². The van der Waals surface area contributed by atoms with Gasteiger partial charge in [-0.05, 0) is 42.3 Å². The van der Waals surface area contributed by atoms with E-state index in [-0.39, 0.29) is 11.8 Å². The van der Waals surface area contributed by atoms with E-state index in [1.165, 1.54) is 7.11 Å². The number of amides is 1. The summed E-state index contributed by atoms with van der Waals surface area (Å²) in [4.78, 5) is 28.9. The van der Waals surface area contributed by atoms with Crippen molar-refractivity contribution in [1.82, 2.24) is 4.98 Å². The van der Waals surface area contributed by atoms with Crippen LogP contribution in [0.4, 0.5) is 5.13 Å². The Morgan fingerprint density at radius 2 is 1.81 bits per heavy atom. The van der Waals surface area contributed by atoms with Gasteiger partial charge in [0.2, 0.25) is 5.91 Å². The number of hydrogen-bond acceptors (Lipinski definition) is 6. The highest BCUT2D eigenvalue weighted by atomic mass is 32.1. The SMILES string of the molecule is COC(=O)c1sc(NC(=O)[C@@H](C)c2ccc3cc(OC)ccc3c2)nc1C. The summed E-state index contributed by atoms with van der Waals surface area (Å²) in [7, 11) is 2.95. The first-order valence-electron chi connectivity index (χ1n) is 8.37. The second-order valence-corrected chi connectivity index (χ2v) is 7.11. The highest BCUT2D eigenvalue weighted by Crippen LogP contribution is 2.27. The second-order valence-electron chi connectivity index (χ2n) is 6.11. The lowest BCUT2D eigenvalue weighted by Crippen LogP contribution is -2.18. The number of hydrogen-bond donors (Lipinski definition) is 1. The van der Waals surface area contributed by atoms with Gasteiger partial charge < -0.3 is 14.8 Å². The molecule has 0 aliphatic carbocycles. The number of aryl methyl sites for hydroxylation is 1. The maximum absolute atomic E-state index is 12.6. The summed E-state index contributed by atoms with van der Waals surface area (Å²) in [6.07, 6.45) is 0. The molecule has 27 heavy (non-hydrogen) atoms. The predicted molar refractivity (Wildman–Crippen MR) is 106 cm³/mol. The van der Waals surface area contributed by atoms with Crippen LogP contribution >= 0.6 is 11.3 Å². The number of nitrogens with zero attached hydrogens (tertiary/aromatic N) is 1. The van der Waals surface area contributed by atoms with Crippen molar-refractivity contribution in [2.45, 2.75) is 19.8 Å². The molecular formula is C20H20N2O4S. The molecule has 0 saturated carbocycles. The largest absolute Gasteiger partial charge is 0.497 e. The van der Waals surface area contributed by atoms with Gasteiger partial charge >= 0.3 is 5.97 Å². The van der Waals surface area contributed by atoms with Crippen LogP contribution in [-0.2, 0) is 9.53 Å². The topological polar surface area (TPSA) is 77.5 Å². The molecule has 0 radical (unpaired) electrons. The van der Waals surface area contributed by atoms with Gasteiger partial charge in [0.25, 0.3) is 0 Å². The van der Waals surface area contributed by atoms with Gasteiger partial charge in [0.05, 0.1) is 25.8 Å². The number of esters is 1. The van der Waals surface area contributed by atoms with Crippen LogP contribution in [0.5, 0.6) is 5.75 Å². The molecule has 0 aliphatic heterocycles. The Morgan fingerprint density at radius 1 is 1.11 bits per heavy atom. The molecule has 0 bridgehead atoms. The van der Waals surface area contributed by atoms with Crippen molar-refractivity contribution in [2.24, 2.45) is 0 Å². The number of aromatic nitrogens is 1. The van der Waals surface area contributed by atoms with Crippen molar-refractivity contribution in [2.75, 3.05) is 19.5 Å². The Kier molecular flexibility index (Phi) is 5.41. The molecule has 7 heteroatoms. The zero-order chi connectivity index (χ0) is 19.6. The van der Waals surface area contributed by atoms with Crippen molar-refractivity contribution in [3.05, 3.63) is 52.5 Å². The Balaban J connectivity index is 1.79. The van der Waals surface area contributed by atoms with Crippen LogP contribution in [0.2, 0.25) is 0 Å². The maximum Gasteiger partial charge on any atom is 0.350 e. The van der Waals surface area contributed by atoms with E-state index in [4.69, 9.17) is 9.47 Å². The Bertz CT molecular complexity index is 1010. The number of benzene rings is 2. The first-order valence-corrected chi connectivity index (χ1v) is 9.19.